The summed E-state index contributed by atoms with van der Waals surface area (Å²) in [4.78, 5) is 23.3. The molecule has 0 bridgehead atoms. The molecule has 2 unspecified atom stereocenters. The lowest BCUT2D eigenvalue weighted by Crippen LogP contribution is -2.51. The van der Waals surface area contributed by atoms with Gasteiger partial charge in [0, 0.05) is 5.92 Å². The highest BCUT2D eigenvalue weighted by molar-refractivity contribution is 5.85. The number of aliphatic carboxylic acids is 1. The Hall–Kier alpha value is -1.27. The molecule has 21 heavy (non-hydrogen) atoms. The normalized spacial score (nSPS) is 25.2. The van der Waals surface area contributed by atoms with Gasteiger partial charge in [-0.1, -0.05) is 27.2 Å². The first kappa shape index (κ1) is 17.8. The highest BCUT2D eigenvalue weighted by Gasteiger charge is 2.44. The van der Waals surface area contributed by atoms with Gasteiger partial charge in [0.2, 0.25) is 5.91 Å². The quantitative estimate of drug-likeness (QED) is 0.842. The Balaban J connectivity index is 2.72. The summed E-state index contributed by atoms with van der Waals surface area (Å²) in [6.45, 7) is 4.97. The number of carbonyl (C=O) groups excluding carboxylic acids is 1. The second-order valence-corrected chi connectivity index (χ2v) is 6.75. The first-order chi connectivity index (χ1) is 9.43. The zero-order chi connectivity index (χ0) is 16.4. The van der Waals surface area contributed by atoms with Gasteiger partial charge in [0.05, 0.1) is 5.92 Å². The zero-order valence-electron chi connectivity index (χ0n) is 12.5. The summed E-state index contributed by atoms with van der Waals surface area (Å²) >= 11 is 0. The third-order valence-corrected chi connectivity index (χ3v) is 3.91. The average Bonchev–Trinajstić information content (AvgIpc) is 2.33. The van der Waals surface area contributed by atoms with Gasteiger partial charge in [-0.15, -0.1) is 0 Å². The van der Waals surface area contributed by atoms with E-state index in [1.54, 1.807) is 20.8 Å². The third kappa shape index (κ3) is 4.89. The van der Waals surface area contributed by atoms with Gasteiger partial charge in [-0.2, -0.15) is 13.2 Å². The van der Waals surface area contributed by atoms with Crippen molar-refractivity contribution in [3.63, 3.8) is 0 Å². The SMILES string of the molecule is CC(C)(C)[C@H](NC(=O)C1CCCC(C(F)(F)F)C1)C(=O)O. The lowest BCUT2D eigenvalue weighted by molar-refractivity contribution is -0.186. The third-order valence-electron chi connectivity index (χ3n) is 3.91. The van der Waals surface area contributed by atoms with Crippen LogP contribution < -0.4 is 5.32 Å². The minimum absolute atomic E-state index is 0.0366. The van der Waals surface area contributed by atoms with Crippen LogP contribution in [-0.4, -0.2) is 29.2 Å². The standard InChI is InChI=1S/C14H22F3NO3/c1-13(2,3)10(12(20)21)18-11(19)8-5-4-6-9(7-8)14(15,16)17/h8-10H,4-7H2,1-3H3,(H,18,19)(H,20,21)/t8?,9?,10-/m1/s1. The van der Waals surface area contributed by atoms with E-state index in [-0.39, 0.29) is 12.8 Å². The maximum atomic E-state index is 12.7. The van der Waals surface area contributed by atoms with Crippen LogP contribution in [0, 0.1) is 17.3 Å². The maximum Gasteiger partial charge on any atom is 0.391 e. The van der Waals surface area contributed by atoms with Gasteiger partial charge in [-0.3, -0.25) is 4.79 Å². The first-order valence-electron chi connectivity index (χ1n) is 7.03. The molecule has 2 N–H and O–H groups in total. The number of rotatable bonds is 3. The molecule has 7 heteroatoms. The second kappa shape index (κ2) is 6.23. The van der Waals surface area contributed by atoms with E-state index in [1.807, 2.05) is 0 Å². The molecule has 1 aliphatic carbocycles. The molecule has 3 atom stereocenters. The Labute approximate surface area is 122 Å². The van der Waals surface area contributed by atoms with Crippen LogP contribution in [0.25, 0.3) is 0 Å². The number of carboxylic acids is 1. The van der Waals surface area contributed by atoms with Crippen LogP contribution in [0.4, 0.5) is 13.2 Å². The van der Waals surface area contributed by atoms with E-state index in [1.165, 1.54) is 0 Å². The first-order valence-corrected chi connectivity index (χ1v) is 7.03. The molecular weight excluding hydrogens is 287 g/mol. The largest absolute Gasteiger partial charge is 0.480 e. The maximum absolute atomic E-state index is 12.7. The molecule has 1 saturated carbocycles. The predicted octanol–water partition coefficient (Wildman–Crippen LogP) is 2.97. The fraction of sp³-hybridized carbons (Fsp3) is 0.857. The van der Waals surface area contributed by atoms with E-state index < -0.39 is 41.3 Å². The van der Waals surface area contributed by atoms with Gasteiger partial charge in [0.15, 0.2) is 0 Å². The average molecular weight is 309 g/mol. The van der Waals surface area contributed by atoms with Gasteiger partial charge >= 0.3 is 12.1 Å². The number of nitrogens with one attached hydrogen (secondary N) is 1. The van der Waals surface area contributed by atoms with Crippen LogP contribution >= 0.6 is 0 Å². The van der Waals surface area contributed by atoms with Gasteiger partial charge in [0.1, 0.15) is 6.04 Å². The highest BCUT2D eigenvalue weighted by atomic mass is 19.4. The predicted molar refractivity (Wildman–Crippen MR) is 70.5 cm³/mol. The number of halogens is 3. The Bertz CT molecular complexity index is 401. The van der Waals surface area contributed by atoms with Gasteiger partial charge in [-0.25, -0.2) is 4.79 Å². The van der Waals surface area contributed by atoms with E-state index in [2.05, 4.69) is 5.32 Å². The van der Waals surface area contributed by atoms with Crippen LogP contribution in [0.1, 0.15) is 46.5 Å². The van der Waals surface area contributed by atoms with Crippen LogP contribution in [0.2, 0.25) is 0 Å². The lowest BCUT2D eigenvalue weighted by Gasteiger charge is -2.33. The van der Waals surface area contributed by atoms with Gasteiger partial charge in [0.25, 0.3) is 0 Å². The topological polar surface area (TPSA) is 66.4 Å². The molecular formula is C14H22F3NO3. The van der Waals surface area contributed by atoms with Crippen LogP contribution in [0.3, 0.4) is 0 Å². The molecule has 0 heterocycles. The van der Waals surface area contributed by atoms with E-state index in [9.17, 15) is 22.8 Å². The fourth-order valence-electron chi connectivity index (χ4n) is 2.63. The summed E-state index contributed by atoms with van der Waals surface area (Å²) in [7, 11) is 0. The summed E-state index contributed by atoms with van der Waals surface area (Å²) in [6.07, 6.45) is -3.82. The van der Waals surface area contributed by atoms with Crippen molar-refractivity contribution in [1.82, 2.24) is 5.32 Å². The van der Waals surface area contributed by atoms with Crippen LogP contribution in [-0.2, 0) is 9.59 Å². The molecule has 0 radical (unpaired) electrons. The molecule has 0 aliphatic heterocycles. The minimum Gasteiger partial charge on any atom is -0.480 e. The molecule has 1 aliphatic rings. The van der Waals surface area contributed by atoms with Gasteiger partial charge in [-0.05, 0) is 24.7 Å². The number of hydrogen-bond donors (Lipinski definition) is 2. The Morgan fingerprint density at radius 2 is 1.76 bits per heavy atom. The zero-order valence-corrected chi connectivity index (χ0v) is 12.5. The molecule has 122 valence electrons. The summed E-state index contributed by atoms with van der Waals surface area (Å²) in [5, 5.41) is 11.5. The van der Waals surface area contributed by atoms with Crippen molar-refractivity contribution in [3.05, 3.63) is 0 Å². The second-order valence-electron chi connectivity index (χ2n) is 6.75. The molecule has 4 nitrogen and oxygen atoms in total. The number of carboxylic acid groups (broad SMARTS) is 1. The number of hydrogen-bond acceptors (Lipinski definition) is 2. The molecule has 0 saturated heterocycles. The van der Waals surface area contributed by atoms with Crippen LogP contribution in [0.15, 0.2) is 0 Å². The number of alkyl halides is 3. The van der Waals surface area contributed by atoms with E-state index in [0.29, 0.717) is 12.8 Å². The fourth-order valence-corrected chi connectivity index (χ4v) is 2.63. The van der Waals surface area contributed by atoms with Crippen molar-refractivity contribution < 1.29 is 27.9 Å². The van der Waals surface area contributed by atoms with E-state index in [0.717, 1.165) is 0 Å². The van der Waals surface area contributed by atoms with E-state index >= 15 is 0 Å². The van der Waals surface area contributed by atoms with Crippen molar-refractivity contribution in [3.8, 4) is 0 Å². The lowest BCUT2D eigenvalue weighted by atomic mass is 9.79. The summed E-state index contributed by atoms with van der Waals surface area (Å²) in [5.41, 5.74) is -0.709. The van der Waals surface area contributed by atoms with Crippen molar-refractivity contribution in [1.29, 1.82) is 0 Å². The van der Waals surface area contributed by atoms with Crippen molar-refractivity contribution >= 4 is 11.9 Å². The van der Waals surface area contributed by atoms with Crippen LogP contribution in [0.5, 0.6) is 0 Å². The smallest absolute Gasteiger partial charge is 0.391 e. The molecule has 0 spiro atoms. The Morgan fingerprint density at radius 3 is 2.19 bits per heavy atom. The molecule has 1 fully saturated rings. The van der Waals surface area contributed by atoms with Gasteiger partial charge < -0.3 is 10.4 Å². The number of amides is 1. The number of carbonyl (C=O) groups is 2. The van der Waals surface area contributed by atoms with Crippen molar-refractivity contribution in [2.75, 3.05) is 0 Å². The molecule has 0 aromatic rings. The highest BCUT2D eigenvalue weighted by Crippen LogP contribution is 2.40. The molecule has 0 aromatic heterocycles. The molecule has 1 rings (SSSR count). The Kier molecular flexibility index (Phi) is 5.28. The summed E-state index contributed by atoms with van der Waals surface area (Å²) in [5.74, 6) is -4.01. The summed E-state index contributed by atoms with van der Waals surface area (Å²) in [6, 6.07) is -1.11. The summed E-state index contributed by atoms with van der Waals surface area (Å²) < 4.78 is 38.2. The van der Waals surface area contributed by atoms with Crippen molar-refractivity contribution in [2.45, 2.75) is 58.7 Å². The molecule has 0 aromatic carbocycles. The Morgan fingerprint density at radius 1 is 1.19 bits per heavy atom. The molecule has 1 amide bonds. The monoisotopic (exact) mass is 309 g/mol. The van der Waals surface area contributed by atoms with Crippen molar-refractivity contribution in [2.24, 2.45) is 17.3 Å². The van der Waals surface area contributed by atoms with E-state index in [4.69, 9.17) is 5.11 Å². The minimum atomic E-state index is -4.30.